The van der Waals surface area contributed by atoms with Gasteiger partial charge in [-0.1, -0.05) is 0 Å². The van der Waals surface area contributed by atoms with Gasteiger partial charge < -0.3 is 36.4 Å². The molecular formula is C7H15NO7. The van der Waals surface area contributed by atoms with E-state index in [1.807, 2.05) is 0 Å². The van der Waals surface area contributed by atoms with Crippen LogP contribution in [0.1, 0.15) is 0 Å². The predicted molar refractivity (Wildman–Crippen MR) is 46.3 cm³/mol. The summed E-state index contributed by atoms with van der Waals surface area (Å²) in [6, 6.07) is 0. The first-order chi connectivity index (χ1) is 6.82. The number of primary amides is 1. The van der Waals surface area contributed by atoms with Crippen LogP contribution in [0.25, 0.3) is 0 Å². The number of amides is 1. The normalized spacial score (nSPS) is 21.5. The largest absolute Gasteiger partial charge is 0.394 e. The zero-order chi connectivity index (χ0) is 12.2. The highest BCUT2D eigenvalue weighted by atomic mass is 16.4. The summed E-state index contributed by atoms with van der Waals surface area (Å²) < 4.78 is 0. The SMILES string of the molecule is NC(=O)[C@@H](O)[C@@H](O)[C@@H](O)[C@@H](O)[C@@H](O)CO. The van der Waals surface area contributed by atoms with E-state index in [9.17, 15) is 4.79 Å². The Hall–Kier alpha value is -0.770. The molecule has 0 fully saturated rings. The van der Waals surface area contributed by atoms with E-state index in [4.69, 9.17) is 30.6 Å². The maximum atomic E-state index is 10.4. The third kappa shape index (κ3) is 3.70. The van der Waals surface area contributed by atoms with Crippen molar-refractivity contribution in [2.45, 2.75) is 30.5 Å². The van der Waals surface area contributed by atoms with Gasteiger partial charge in [-0.25, -0.2) is 0 Å². The molecule has 0 aromatic rings. The standard InChI is InChI=1S/C7H15NO7/c8-7(15)6(14)5(13)4(12)3(11)2(10)1-9/h2-6,9-14H,1H2,(H2,8,15)/t2-,3-,4-,5-,6-/m0/s1. The number of hydrogen-bond donors (Lipinski definition) is 7. The van der Waals surface area contributed by atoms with Crippen molar-refractivity contribution in [3.8, 4) is 0 Å². The molecule has 5 atom stereocenters. The smallest absolute Gasteiger partial charge is 0.249 e. The molecular weight excluding hydrogens is 210 g/mol. The van der Waals surface area contributed by atoms with E-state index in [1.165, 1.54) is 0 Å². The quantitative estimate of drug-likeness (QED) is 0.238. The summed E-state index contributed by atoms with van der Waals surface area (Å²) in [5, 5.41) is 53.6. The average molecular weight is 225 g/mol. The monoisotopic (exact) mass is 225 g/mol. The second kappa shape index (κ2) is 5.95. The Labute approximate surface area is 85.2 Å². The van der Waals surface area contributed by atoms with Gasteiger partial charge in [-0.05, 0) is 0 Å². The Morgan fingerprint density at radius 2 is 1.47 bits per heavy atom. The molecule has 1 amide bonds. The summed E-state index contributed by atoms with van der Waals surface area (Å²) in [5.41, 5.74) is 4.63. The number of nitrogens with two attached hydrogens (primary N) is 1. The number of carbonyl (C=O) groups excluding carboxylic acids is 1. The minimum atomic E-state index is -2.07. The van der Waals surface area contributed by atoms with Crippen molar-refractivity contribution in [2.24, 2.45) is 5.73 Å². The third-order valence-corrected chi connectivity index (χ3v) is 1.90. The van der Waals surface area contributed by atoms with E-state index in [0.717, 1.165) is 0 Å². The molecule has 0 aromatic heterocycles. The van der Waals surface area contributed by atoms with Crippen molar-refractivity contribution in [3.63, 3.8) is 0 Å². The lowest BCUT2D eigenvalue weighted by atomic mass is 9.99. The van der Waals surface area contributed by atoms with Crippen molar-refractivity contribution in [1.82, 2.24) is 0 Å². The van der Waals surface area contributed by atoms with Gasteiger partial charge in [0.15, 0.2) is 6.10 Å². The molecule has 0 aliphatic carbocycles. The van der Waals surface area contributed by atoms with E-state index in [1.54, 1.807) is 0 Å². The molecule has 0 unspecified atom stereocenters. The Balaban J connectivity index is 4.42. The third-order valence-electron chi connectivity index (χ3n) is 1.90. The first-order valence-corrected chi connectivity index (χ1v) is 4.13. The predicted octanol–water partition coefficient (Wildman–Crippen LogP) is -4.73. The lowest BCUT2D eigenvalue weighted by Gasteiger charge is -2.27. The van der Waals surface area contributed by atoms with Crippen LogP contribution in [0.2, 0.25) is 0 Å². The van der Waals surface area contributed by atoms with Crippen LogP contribution < -0.4 is 5.73 Å². The molecule has 0 heterocycles. The van der Waals surface area contributed by atoms with Gasteiger partial charge in [-0.2, -0.15) is 0 Å². The van der Waals surface area contributed by atoms with Crippen LogP contribution in [0.5, 0.6) is 0 Å². The highest BCUT2D eigenvalue weighted by Crippen LogP contribution is 2.08. The number of hydrogen-bond acceptors (Lipinski definition) is 7. The topological polar surface area (TPSA) is 164 Å². The fourth-order valence-corrected chi connectivity index (χ4v) is 0.893. The second-order valence-corrected chi connectivity index (χ2v) is 3.07. The van der Waals surface area contributed by atoms with Gasteiger partial charge in [0, 0.05) is 0 Å². The van der Waals surface area contributed by atoms with Crippen molar-refractivity contribution in [2.75, 3.05) is 6.61 Å². The van der Waals surface area contributed by atoms with E-state index in [0.29, 0.717) is 0 Å². The molecule has 0 aliphatic rings. The van der Waals surface area contributed by atoms with E-state index in [-0.39, 0.29) is 0 Å². The van der Waals surface area contributed by atoms with Gasteiger partial charge in [0.1, 0.15) is 24.4 Å². The molecule has 0 rings (SSSR count). The first-order valence-electron chi connectivity index (χ1n) is 4.13. The van der Waals surface area contributed by atoms with Crippen LogP contribution in [-0.2, 0) is 4.79 Å². The maximum Gasteiger partial charge on any atom is 0.249 e. The van der Waals surface area contributed by atoms with Gasteiger partial charge in [-0.15, -0.1) is 0 Å². The Morgan fingerprint density at radius 1 is 1.00 bits per heavy atom. The maximum absolute atomic E-state index is 10.4. The lowest BCUT2D eigenvalue weighted by Crippen LogP contribution is -2.53. The summed E-state index contributed by atoms with van der Waals surface area (Å²) in [7, 11) is 0. The molecule has 15 heavy (non-hydrogen) atoms. The van der Waals surface area contributed by atoms with Crippen molar-refractivity contribution in [1.29, 1.82) is 0 Å². The minimum Gasteiger partial charge on any atom is -0.394 e. The molecule has 8 heteroatoms. The average Bonchev–Trinajstić information content (AvgIpc) is 2.23. The van der Waals surface area contributed by atoms with Crippen molar-refractivity contribution in [3.05, 3.63) is 0 Å². The van der Waals surface area contributed by atoms with Gasteiger partial charge in [0.2, 0.25) is 5.91 Å². The Kier molecular flexibility index (Phi) is 5.65. The lowest BCUT2D eigenvalue weighted by molar-refractivity contribution is -0.154. The van der Waals surface area contributed by atoms with Crippen LogP contribution in [0.4, 0.5) is 0 Å². The number of rotatable bonds is 6. The van der Waals surface area contributed by atoms with Gasteiger partial charge in [0.25, 0.3) is 0 Å². The van der Waals surface area contributed by atoms with Gasteiger partial charge >= 0.3 is 0 Å². The van der Waals surface area contributed by atoms with Crippen molar-refractivity contribution >= 4 is 5.91 Å². The van der Waals surface area contributed by atoms with Gasteiger partial charge in [-0.3, -0.25) is 4.79 Å². The van der Waals surface area contributed by atoms with Crippen LogP contribution in [0.3, 0.4) is 0 Å². The molecule has 8 nitrogen and oxygen atoms in total. The molecule has 0 bridgehead atoms. The summed E-state index contributed by atoms with van der Waals surface area (Å²) in [6.07, 6.45) is -9.72. The van der Waals surface area contributed by atoms with Crippen LogP contribution >= 0.6 is 0 Å². The van der Waals surface area contributed by atoms with Crippen LogP contribution in [0.15, 0.2) is 0 Å². The summed E-state index contributed by atoms with van der Waals surface area (Å²) >= 11 is 0. The van der Waals surface area contributed by atoms with Crippen LogP contribution in [0, 0.1) is 0 Å². The highest BCUT2D eigenvalue weighted by molar-refractivity contribution is 5.79. The van der Waals surface area contributed by atoms with Crippen LogP contribution in [-0.4, -0.2) is 73.7 Å². The van der Waals surface area contributed by atoms with E-state index in [2.05, 4.69) is 5.73 Å². The highest BCUT2D eigenvalue weighted by Gasteiger charge is 2.36. The summed E-state index contributed by atoms with van der Waals surface area (Å²) in [6.45, 7) is -0.850. The minimum absolute atomic E-state index is 0.850. The van der Waals surface area contributed by atoms with Crippen molar-refractivity contribution < 1.29 is 35.4 Å². The molecule has 0 radical (unpaired) electrons. The number of aliphatic hydroxyl groups is 6. The van der Waals surface area contributed by atoms with Gasteiger partial charge in [0.05, 0.1) is 6.61 Å². The fourth-order valence-electron chi connectivity index (χ4n) is 0.893. The Bertz CT molecular complexity index is 212. The van der Waals surface area contributed by atoms with E-state index >= 15 is 0 Å². The molecule has 0 saturated carbocycles. The fraction of sp³-hybridized carbons (Fsp3) is 0.857. The molecule has 90 valence electrons. The summed E-state index contributed by atoms with van der Waals surface area (Å²) in [5.74, 6) is -1.28. The number of aliphatic hydroxyl groups excluding tert-OH is 6. The number of carbonyl (C=O) groups is 1. The zero-order valence-electron chi connectivity index (χ0n) is 7.76. The summed E-state index contributed by atoms with van der Waals surface area (Å²) in [4.78, 5) is 10.4. The second-order valence-electron chi connectivity index (χ2n) is 3.07. The molecule has 0 aliphatic heterocycles. The zero-order valence-corrected chi connectivity index (χ0v) is 7.76. The van der Waals surface area contributed by atoms with E-state index < -0.39 is 43.0 Å². The molecule has 8 N–H and O–H groups in total. The Morgan fingerprint density at radius 3 is 1.80 bits per heavy atom. The molecule has 0 saturated heterocycles. The molecule has 0 spiro atoms. The molecule has 0 aromatic carbocycles. The first kappa shape index (κ1) is 14.2.